The van der Waals surface area contributed by atoms with Gasteiger partial charge in [-0.05, 0) is 76.4 Å². The van der Waals surface area contributed by atoms with Gasteiger partial charge >= 0.3 is 0 Å². The third-order valence-corrected chi connectivity index (χ3v) is 4.94. The number of carbonyl (C=O) groups is 1. The van der Waals surface area contributed by atoms with Gasteiger partial charge in [0.1, 0.15) is 5.75 Å². The van der Waals surface area contributed by atoms with Crippen LogP contribution in [0.1, 0.15) is 31.7 Å². The van der Waals surface area contributed by atoms with Crippen molar-refractivity contribution in [2.75, 3.05) is 26.7 Å². The molecule has 0 aromatic heterocycles. The number of carbonyl (C=O) groups excluding carboxylic acids is 1. The first-order chi connectivity index (χ1) is 11.0. The number of amides is 1. The van der Waals surface area contributed by atoms with Crippen molar-refractivity contribution in [2.45, 2.75) is 39.2 Å². The quantitative estimate of drug-likeness (QED) is 0.825. The molecule has 24 heavy (non-hydrogen) atoms. The number of nitrogens with one attached hydrogen (secondary N) is 1. The average molecular weight is 375 g/mol. The topological polar surface area (TPSA) is 41.6 Å². The van der Waals surface area contributed by atoms with Crippen LogP contribution in [0.5, 0.6) is 5.75 Å². The van der Waals surface area contributed by atoms with Gasteiger partial charge in [-0.25, -0.2) is 0 Å². The Hall–Kier alpha value is -0.970. The lowest BCUT2D eigenvalue weighted by atomic mass is 9.93. The summed E-state index contributed by atoms with van der Waals surface area (Å²) in [6.45, 7) is 6.46. The monoisotopic (exact) mass is 374 g/mol. The van der Waals surface area contributed by atoms with E-state index in [2.05, 4.69) is 5.32 Å². The van der Waals surface area contributed by atoms with Gasteiger partial charge in [0.25, 0.3) is 5.91 Å². The Balaban J connectivity index is 0.00000288. The van der Waals surface area contributed by atoms with Gasteiger partial charge in [0.15, 0.2) is 6.10 Å². The smallest absolute Gasteiger partial charge is 0.263 e. The van der Waals surface area contributed by atoms with E-state index >= 15 is 0 Å². The van der Waals surface area contributed by atoms with Gasteiger partial charge in [0.2, 0.25) is 0 Å². The summed E-state index contributed by atoms with van der Waals surface area (Å²) in [6, 6.07) is 5.48. The van der Waals surface area contributed by atoms with Crippen molar-refractivity contribution in [2.24, 2.45) is 5.92 Å². The average Bonchev–Trinajstić information content (AvgIpc) is 2.56. The first-order valence-corrected chi connectivity index (χ1v) is 8.75. The molecule has 1 amide bonds. The number of likely N-dealkylation sites (tertiary alicyclic amines) is 1. The van der Waals surface area contributed by atoms with Crippen molar-refractivity contribution in [3.05, 3.63) is 28.8 Å². The molecule has 1 fully saturated rings. The minimum Gasteiger partial charge on any atom is -0.481 e. The van der Waals surface area contributed by atoms with E-state index in [0.717, 1.165) is 44.0 Å². The SMILES string of the molecule is CNCCC1CCN(C(=O)C(C)Oc2ccc(Cl)c(C)c2)CC1.Cl. The van der Waals surface area contributed by atoms with E-state index in [1.807, 2.05) is 37.9 Å². The summed E-state index contributed by atoms with van der Waals surface area (Å²) in [4.78, 5) is 14.5. The Bertz CT molecular complexity index is 532. The molecule has 0 saturated carbocycles. The molecule has 6 heteroatoms. The minimum absolute atomic E-state index is 0. The predicted molar refractivity (Wildman–Crippen MR) is 101 cm³/mol. The van der Waals surface area contributed by atoms with Gasteiger partial charge in [0.05, 0.1) is 0 Å². The molecular formula is C18H28Cl2N2O2. The van der Waals surface area contributed by atoms with Crippen molar-refractivity contribution >= 4 is 29.9 Å². The van der Waals surface area contributed by atoms with Gasteiger partial charge in [0, 0.05) is 18.1 Å². The van der Waals surface area contributed by atoms with Crippen molar-refractivity contribution in [1.29, 1.82) is 0 Å². The lowest BCUT2D eigenvalue weighted by molar-refractivity contribution is -0.139. The van der Waals surface area contributed by atoms with E-state index in [0.29, 0.717) is 10.8 Å². The molecule has 1 saturated heterocycles. The zero-order valence-electron chi connectivity index (χ0n) is 14.7. The summed E-state index contributed by atoms with van der Waals surface area (Å²) in [5, 5.41) is 3.90. The van der Waals surface area contributed by atoms with Gasteiger partial charge in [-0.1, -0.05) is 11.6 Å². The Morgan fingerprint density at radius 1 is 1.42 bits per heavy atom. The Kier molecular flexibility index (Phi) is 8.88. The van der Waals surface area contributed by atoms with Crippen LogP contribution in [-0.4, -0.2) is 43.6 Å². The van der Waals surface area contributed by atoms with Crippen molar-refractivity contribution in [3.63, 3.8) is 0 Å². The summed E-state index contributed by atoms with van der Waals surface area (Å²) in [5.74, 6) is 1.49. The number of halogens is 2. The maximum atomic E-state index is 12.5. The molecule has 1 aliphatic rings. The van der Waals surface area contributed by atoms with Crippen LogP contribution in [0.25, 0.3) is 0 Å². The number of nitrogens with zero attached hydrogens (tertiary/aromatic N) is 1. The van der Waals surface area contributed by atoms with Gasteiger partial charge in [-0.3, -0.25) is 4.79 Å². The zero-order chi connectivity index (χ0) is 16.8. The number of aryl methyl sites for hydroxylation is 1. The summed E-state index contributed by atoms with van der Waals surface area (Å²) in [7, 11) is 1.98. The van der Waals surface area contributed by atoms with Crippen LogP contribution in [0, 0.1) is 12.8 Å². The van der Waals surface area contributed by atoms with Crippen molar-refractivity contribution < 1.29 is 9.53 Å². The molecule has 1 atom stereocenters. The van der Waals surface area contributed by atoms with Crippen molar-refractivity contribution in [1.82, 2.24) is 10.2 Å². The number of hydrogen-bond donors (Lipinski definition) is 1. The second-order valence-electron chi connectivity index (χ2n) is 6.33. The third-order valence-electron chi connectivity index (χ3n) is 4.52. The fraction of sp³-hybridized carbons (Fsp3) is 0.611. The Labute approximate surface area is 156 Å². The van der Waals surface area contributed by atoms with Gasteiger partial charge in [-0.2, -0.15) is 0 Å². The molecule has 0 radical (unpaired) electrons. The first kappa shape index (κ1) is 21.1. The van der Waals surface area contributed by atoms with E-state index < -0.39 is 6.10 Å². The molecule has 2 rings (SSSR count). The van der Waals surface area contributed by atoms with Crippen LogP contribution in [-0.2, 0) is 4.79 Å². The minimum atomic E-state index is -0.468. The van der Waals surface area contributed by atoms with E-state index in [4.69, 9.17) is 16.3 Å². The molecule has 0 bridgehead atoms. The predicted octanol–water partition coefficient (Wildman–Crippen LogP) is 3.69. The third kappa shape index (κ3) is 5.83. The number of piperidine rings is 1. The molecule has 1 aromatic carbocycles. The molecule has 1 unspecified atom stereocenters. The lowest BCUT2D eigenvalue weighted by Crippen LogP contribution is -2.45. The number of benzene rings is 1. The van der Waals surface area contributed by atoms with Crippen LogP contribution >= 0.6 is 24.0 Å². The van der Waals surface area contributed by atoms with Gasteiger partial charge in [-0.15, -0.1) is 12.4 Å². The second-order valence-corrected chi connectivity index (χ2v) is 6.74. The number of rotatable bonds is 6. The molecule has 4 nitrogen and oxygen atoms in total. The summed E-state index contributed by atoms with van der Waals surface area (Å²) in [5.41, 5.74) is 0.953. The van der Waals surface area contributed by atoms with Crippen LogP contribution in [0.2, 0.25) is 5.02 Å². The molecular weight excluding hydrogens is 347 g/mol. The standard InChI is InChI=1S/C18H27ClN2O2.ClH/c1-13-12-16(4-5-17(13)19)23-14(2)18(22)21-10-7-15(8-11-21)6-9-20-3;/h4-5,12,14-15,20H,6-11H2,1-3H3;1H. The highest BCUT2D eigenvalue weighted by Crippen LogP contribution is 2.24. The summed E-state index contributed by atoms with van der Waals surface area (Å²) >= 11 is 6.02. The largest absolute Gasteiger partial charge is 0.481 e. The molecule has 1 aromatic rings. The number of hydrogen-bond acceptors (Lipinski definition) is 3. The fourth-order valence-electron chi connectivity index (χ4n) is 2.99. The highest BCUT2D eigenvalue weighted by atomic mass is 35.5. The fourth-order valence-corrected chi connectivity index (χ4v) is 3.11. The zero-order valence-corrected chi connectivity index (χ0v) is 16.3. The highest BCUT2D eigenvalue weighted by molar-refractivity contribution is 6.31. The van der Waals surface area contributed by atoms with Crippen LogP contribution in [0.15, 0.2) is 18.2 Å². The van der Waals surface area contributed by atoms with E-state index in [1.54, 1.807) is 6.07 Å². The number of ether oxygens (including phenoxy) is 1. The van der Waals surface area contributed by atoms with E-state index in [1.165, 1.54) is 6.42 Å². The lowest BCUT2D eigenvalue weighted by Gasteiger charge is -2.33. The van der Waals surface area contributed by atoms with Crippen LogP contribution in [0.4, 0.5) is 0 Å². The van der Waals surface area contributed by atoms with Crippen LogP contribution in [0.3, 0.4) is 0 Å². The normalized spacial score (nSPS) is 16.4. The Morgan fingerprint density at radius 2 is 2.08 bits per heavy atom. The second kappa shape index (κ2) is 10.1. The molecule has 0 spiro atoms. The first-order valence-electron chi connectivity index (χ1n) is 8.37. The van der Waals surface area contributed by atoms with Gasteiger partial charge < -0.3 is 15.0 Å². The van der Waals surface area contributed by atoms with Crippen LogP contribution < -0.4 is 10.1 Å². The highest BCUT2D eigenvalue weighted by Gasteiger charge is 2.26. The molecule has 1 N–H and O–H groups in total. The van der Waals surface area contributed by atoms with E-state index in [9.17, 15) is 4.79 Å². The van der Waals surface area contributed by atoms with E-state index in [-0.39, 0.29) is 18.3 Å². The maximum absolute atomic E-state index is 12.5. The summed E-state index contributed by atoms with van der Waals surface area (Å²) in [6.07, 6.45) is 2.89. The van der Waals surface area contributed by atoms with Crippen molar-refractivity contribution in [3.8, 4) is 5.75 Å². The Morgan fingerprint density at radius 3 is 2.67 bits per heavy atom. The molecule has 1 aliphatic heterocycles. The summed E-state index contributed by atoms with van der Waals surface area (Å²) < 4.78 is 5.80. The maximum Gasteiger partial charge on any atom is 0.263 e. The molecule has 1 heterocycles. The molecule has 0 aliphatic carbocycles. The molecule has 136 valence electrons.